The number of piperazine rings is 1. The molecular weight excluding hydrogens is 471 g/mol. The van der Waals surface area contributed by atoms with E-state index in [1.165, 1.54) is 24.7 Å². The summed E-state index contributed by atoms with van der Waals surface area (Å²) in [4.78, 5) is 12.2. The van der Waals surface area contributed by atoms with Crippen LogP contribution >= 0.6 is 0 Å². The summed E-state index contributed by atoms with van der Waals surface area (Å²) in [6.07, 6.45) is 6.53. The lowest BCUT2D eigenvalue weighted by atomic mass is 9.87. The fraction of sp³-hybridized carbons (Fsp3) is 0.269. The molecule has 1 saturated heterocycles. The van der Waals surface area contributed by atoms with Gasteiger partial charge in [0.05, 0.1) is 22.7 Å². The van der Waals surface area contributed by atoms with E-state index in [-0.39, 0.29) is 26.4 Å². The third-order valence-corrected chi connectivity index (χ3v) is 5.65. The normalized spacial score (nSPS) is 27.5. The van der Waals surface area contributed by atoms with Gasteiger partial charge < -0.3 is 15.5 Å². The highest BCUT2D eigenvalue weighted by atomic mass is 19.1. The van der Waals surface area contributed by atoms with Gasteiger partial charge in [0.1, 0.15) is 17.7 Å². The molecular formula is C26H27FN10. The van der Waals surface area contributed by atoms with Gasteiger partial charge in [-0.25, -0.2) is 23.9 Å². The molecule has 10 nitrogen and oxygen atoms in total. The molecule has 11 heteroatoms. The molecule has 1 aromatic carbocycles. The Balaban J connectivity index is 1.44. The largest absolute Gasteiger partial charge is 0.351 e. The molecule has 1 aliphatic rings. The van der Waals surface area contributed by atoms with Crippen LogP contribution in [-0.2, 0) is 12.5 Å². The minimum Gasteiger partial charge on any atom is -0.351 e. The third kappa shape index (κ3) is 4.27. The standard InChI is InChI=1S/C26H27FN10/c1-26(28,20-3-5-22(27)6-4-20)21-13-29-25(30-14-21)36-9-7-35(8-10-36)24-23-11-18(16-37(23)33-17-31-24)19-12-32-34(2)15-19/h3-6,11-17H,7-10,28H2,1-2H3/t26-/m1/s1/i1D3,2D3,7D2,8D2,9D2,10D2. The molecule has 5 heterocycles. The summed E-state index contributed by atoms with van der Waals surface area (Å²) in [6, 6.07) is 5.65. The molecule has 0 spiro atoms. The van der Waals surface area contributed by atoms with Crippen LogP contribution in [0.4, 0.5) is 16.2 Å². The first-order valence-electron chi connectivity index (χ1n) is 17.7. The van der Waals surface area contributed by atoms with Crippen LogP contribution in [0.1, 0.15) is 37.2 Å². The van der Waals surface area contributed by atoms with Gasteiger partial charge >= 0.3 is 0 Å². The first kappa shape index (κ1) is 12.2. The molecule has 5 aromatic rings. The van der Waals surface area contributed by atoms with Crippen molar-refractivity contribution in [3.05, 3.63) is 84.6 Å². The molecule has 1 aliphatic heterocycles. The van der Waals surface area contributed by atoms with Crippen molar-refractivity contribution in [2.24, 2.45) is 12.7 Å². The van der Waals surface area contributed by atoms with Gasteiger partial charge in [0.2, 0.25) is 5.95 Å². The molecule has 2 N–H and O–H groups in total. The summed E-state index contributed by atoms with van der Waals surface area (Å²) in [5.41, 5.74) is 4.25. The quantitative estimate of drug-likeness (QED) is 0.383. The average Bonchev–Trinajstić information content (AvgIpc) is 3.68. The van der Waals surface area contributed by atoms with Crippen LogP contribution in [-0.4, -0.2) is 60.3 Å². The molecule has 0 unspecified atom stereocenters. The number of aryl methyl sites for hydroxylation is 1. The zero-order chi connectivity index (χ0) is 37.7. The van der Waals surface area contributed by atoms with Crippen molar-refractivity contribution in [2.75, 3.05) is 35.8 Å². The number of anilines is 2. The van der Waals surface area contributed by atoms with Crippen LogP contribution < -0.4 is 15.5 Å². The fourth-order valence-corrected chi connectivity index (χ4v) is 3.70. The van der Waals surface area contributed by atoms with Crippen LogP contribution in [0.5, 0.6) is 0 Å². The Morgan fingerprint density at radius 2 is 1.68 bits per heavy atom. The van der Waals surface area contributed by atoms with Gasteiger partial charge in [-0.15, -0.1) is 0 Å². The van der Waals surface area contributed by atoms with Crippen molar-refractivity contribution in [1.29, 1.82) is 0 Å². The molecule has 0 amide bonds. The number of benzene rings is 1. The van der Waals surface area contributed by atoms with Gasteiger partial charge in [-0.2, -0.15) is 10.2 Å². The SMILES string of the molecule is [2H]C([2H])([2H])n1cc(-c2cc3c(N4C([2H])([2H])C([2H])([2H])N(c5ncc([C@](N)(c6ccc(F)cc6)C([2H])([2H])[2H])cn5)C([2H])([2H])C4([2H])[2H])ncnn3c2)cn1. The van der Waals surface area contributed by atoms with E-state index in [1.807, 2.05) is 0 Å². The first-order valence-corrected chi connectivity index (χ1v) is 10.7. The molecule has 4 aromatic heterocycles. The van der Waals surface area contributed by atoms with Crippen LogP contribution in [0.15, 0.2) is 67.6 Å². The molecule has 37 heavy (non-hydrogen) atoms. The Morgan fingerprint density at radius 3 is 2.38 bits per heavy atom. The monoisotopic (exact) mass is 512 g/mol. The molecule has 1 atom stereocenters. The van der Waals surface area contributed by atoms with Gasteiger partial charge in [-0.1, -0.05) is 12.1 Å². The van der Waals surface area contributed by atoms with Crippen LogP contribution in [0.2, 0.25) is 0 Å². The highest BCUT2D eigenvalue weighted by molar-refractivity contribution is 5.77. The second kappa shape index (κ2) is 8.93. The number of nitrogens with two attached hydrogens (primary N) is 1. The fourth-order valence-electron chi connectivity index (χ4n) is 3.70. The smallest absolute Gasteiger partial charge is 0.225 e. The highest BCUT2D eigenvalue weighted by Gasteiger charge is 2.26. The summed E-state index contributed by atoms with van der Waals surface area (Å²) >= 11 is 0. The zero-order valence-corrected chi connectivity index (χ0v) is 18.8. The predicted octanol–water partition coefficient (Wildman–Crippen LogP) is 2.61. The second-order valence-corrected chi connectivity index (χ2v) is 8.02. The Hall–Kier alpha value is -4.38. The van der Waals surface area contributed by atoms with Gasteiger partial charge in [-0.05, 0) is 30.6 Å². The molecule has 0 radical (unpaired) electrons. The Bertz CT molecular complexity index is 2070. The van der Waals surface area contributed by atoms with Crippen molar-refractivity contribution in [3.63, 3.8) is 0 Å². The average molecular weight is 513 g/mol. The first-order chi connectivity index (χ1) is 23.4. The minimum atomic E-state index is -3.47. The van der Waals surface area contributed by atoms with E-state index in [0.717, 1.165) is 52.2 Å². The Kier molecular flexibility index (Phi) is 2.95. The van der Waals surface area contributed by atoms with E-state index in [4.69, 9.17) is 24.9 Å². The maximum atomic E-state index is 13.6. The summed E-state index contributed by atoms with van der Waals surface area (Å²) in [6.45, 7) is -19.4. The Morgan fingerprint density at radius 1 is 0.919 bits per heavy atom. The van der Waals surface area contributed by atoms with Crippen molar-refractivity contribution in [3.8, 4) is 11.1 Å². The van der Waals surface area contributed by atoms with E-state index < -0.39 is 62.9 Å². The topological polar surface area (TPSA) is 106 Å². The number of nitrogens with zero attached hydrogens (tertiary/aromatic N) is 9. The van der Waals surface area contributed by atoms with E-state index in [0.29, 0.717) is 11.1 Å². The van der Waals surface area contributed by atoms with E-state index in [2.05, 4.69) is 25.1 Å². The van der Waals surface area contributed by atoms with Crippen LogP contribution in [0.3, 0.4) is 0 Å². The van der Waals surface area contributed by atoms with Crippen LogP contribution in [0.25, 0.3) is 16.6 Å². The van der Waals surface area contributed by atoms with Crippen molar-refractivity contribution >= 4 is 17.3 Å². The van der Waals surface area contributed by atoms with Crippen LogP contribution in [0, 0.1) is 5.82 Å². The summed E-state index contributed by atoms with van der Waals surface area (Å²) in [5, 5.41) is 7.88. The molecule has 188 valence electrons. The lowest BCUT2D eigenvalue weighted by molar-refractivity contribution is 0.585. The van der Waals surface area contributed by atoms with E-state index in [9.17, 15) is 4.39 Å². The van der Waals surface area contributed by atoms with E-state index in [1.54, 1.807) is 0 Å². The van der Waals surface area contributed by atoms with Gasteiger partial charge in [0.25, 0.3) is 0 Å². The maximum Gasteiger partial charge on any atom is 0.225 e. The third-order valence-electron chi connectivity index (χ3n) is 5.65. The number of fused-ring (bicyclic) bond motifs is 1. The maximum absolute atomic E-state index is 13.6. The minimum absolute atomic E-state index is 0.0528. The summed E-state index contributed by atoms with van der Waals surface area (Å²) in [7, 11) is 0. The second-order valence-electron chi connectivity index (χ2n) is 8.02. The van der Waals surface area contributed by atoms with Crippen molar-refractivity contribution in [2.45, 2.75) is 12.4 Å². The number of hydrogen-bond acceptors (Lipinski definition) is 8. The van der Waals surface area contributed by atoms with Crippen molar-refractivity contribution in [1.82, 2.24) is 34.3 Å². The van der Waals surface area contributed by atoms with Crippen molar-refractivity contribution < 1.29 is 23.6 Å². The highest BCUT2D eigenvalue weighted by Crippen LogP contribution is 2.29. The van der Waals surface area contributed by atoms with Gasteiger partial charge in [-0.3, -0.25) is 4.68 Å². The lowest BCUT2D eigenvalue weighted by Crippen LogP contribution is -2.47. The van der Waals surface area contributed by atoms with E-state index >= 15 is 0 Å². The molecule has 0 saturated carbocycles. The summed E-state index contributed by atoms with van der Waals surface area (Å²) < 4.78 is 134. The number of hydrogen-bond donors (Lipinski definition) is 1. The molecule has 1 fully saturated rings. The predicted molar refractivity (Wildman–Crippen MR) is 139 cm³/mol. The van der Waals surface area contributed by atoms with Gasteiger partial charge in [0, 0.05) is 82.7 Å². The zero-order valence-electron chi connectivity index (χ0n) is 32.8. The molecule has 0 aliphatic carbocycles. The lowest BCUT2D eigenvalue weighted by Gasteiger charge is -2.35. The molecule has 0 bridgehead atoms. The Labute approximate surface area is 232 Å². The number of halogens is 1. The summed E-state index contributed by atoms with van der Waals surface area (Å²) in [5.74, 6) is -2.06. The number of aromatic nitrogens is 7. The number of rotatable bonds is 5. The van der Waals surface area contributed by atoms with Gasteiger partial charge in [0.15, 0.2) is 5.82 Å². The molecule has 6 rings (SSSR count).